The molecule has 0 aliphatic carbocycles. The molecule has 0 spiro atoms. The number of hydrogen-bond acceptors (Lipinski definition) is 4. The van der Waals surface area contributed by atoms with Gasteiger partial charge in [-0.15, -0.1) is 0 Å². The van der Waals surface area contributed by atoms with Crippen LogP contribution in [-0.4, -0.2) is 23.2 Å². The Labute approximate surface area is 139 Å². The summed E-state index contributed by atoms with van der Waals surface area (Å²) >= 11 is 0. The summed E-state index contributed by atoms with van der Waals surface area (Å²) in [5.41, 5.74) is 1.12. The first-order valence-electron chi connectivity index (χ1n) is 7.24. The fourth-order valence-corrected chi connectivity index (χ4v) is 3.14. The lowest BCUT2D eigenvalue weighted by atomic mass is 10.2. The van der Waals surface area contributed by atoms with Gasteiger partial charge in [-0.25, -0.2) is 12.8 Å². The minimum absolute atomic E-state index is 0.0183. The first kappa shape index (κ1) is 16.1. The van der Waals surface area contributed by atoms with E-state index in [2.05, 4.69) is 14.8 Å². The lowest BCUT2D eigenvalue weighted by Crippen LogP contribution is -2.14. The highest BCUT2D eigenvalue weighted by molar-refractivity contribution is 7.92. The standard InChI is InChI=1S/C16H15FN4O2S/c17-14-1-3-15(4-2-14)24(22,23)20-16-8-12-21(19-16)11-7-13-5-9-18-10-6-13/h1-6,8-10,12H,7,11H2,(H,19,20). The molecule has 124 valence electrons. The summed E-state index contributed by atoms with van der Waals surface area (Å²) in [4.78, 5) is 3.94. The van der Waals surface area contributed by atoms with E-state index < -0.39 is 15.8 Å². The van der Waals surface area contributed by atoms with E-state index in [0.717, 1.165) is 24.1 Å². The molecule has 2 aromatic heterocycles. The number of anilines is 1. The molecule has 0 aliphatic heterocycles. The van der Waals surface area contributed by atoms with E-state index in [4.69, 9.17) is 0 Å². The summed E-state index contributed by atoms with van der Waals surface area (Å²) in [5, 5.41) is 4.19. The van der Waals surface area contributed by atoms with Gasteiger partial charge in [0, 0.05) is 31.2 Å². The molecule has 1 aromatic carbocycles. The lowest BCUT2D eigenvalue weighted by Gasteiger charge is -2.05. The average Bonchev–Trinajstić information content (AvgIpc) is 3.01. The Morgan fingerprint density at radius 1 is 1.04 bits per heavy atom. The van der Waals surface area contributed by atoms with Gasteiger partial charge in [-0.2, -0.15) is 5.10 Å². The van der Waals surface area contributed by atoms with Gasteiger partial charge in [0.05, 0.1) is 4.90 Å². The van der Waals surface area contributed by atoms with Crippen LogP contribution in [0.4, 0.5) is 10.2 Å². The third-order valence-corrected chi connectivity index (χ3v) is 4.75. The second-order valence-corrected chi connectivity index (χ2v) is 6.81. The van der Waals surface area contributed by atoms with Gasteiger partial charge in [-0.1, -0.05) is 0 Å². The van der Waals surface area contributed by atoms with Crippen LogP contribution < -0.4 is 4.72 Å². The summed E-state index contributed by atoms with van der Waals surface area (Å²) in [7, 11) is -3.78. The molecule has 0 radical (unpaired) electrons. The third kappa shape index (κ3) is 3.96. The van der Waals surface area contributed by atoms with Crippen molar-refractivity contribution in [3.8, 4) is 0 Å². The van der Waals surface area contributed by atoms with Crippen LogP contribution in [0.25, 0.3) is 0 Å². The van der Waals surface area contributed by atoms with E-state index in [9.17, 15) is 12.8 Å². The van der Waals surface area contributed by atoms with Gasteiger partial charge in [-0.3, -0.25) is 14.4 Å². The van der Waals surface area contributed by atoms with Gasteiger partial charge < -0.3 is 0 Å². The van der Waals surface area contributed by atoms with Gasteiger partial charge in [0.15, 0.2) is 5.82 Å². The van der Waals surface area contributed by atoms with Crippen LogP contribution in [0.3, 0.4) is 0 Å². The topological polar surface area (TPSA) is 76.9 Å². The Bertz CT molecular complexity index is 909. The fourth-order valence-electron chi connectivity index (χ4n) is 2.14. The molecule has 3 rings (SSSR count). The van der Waals surface area contributed by atoms with E-state index in [1.807, 2.05) is 12.1 Å². The zero-order valence-electron chi connectivity index (χ0n) is 12.6. The Morgan fingerprint density at radius 3 is 2.46 bits per heavy atom. The molecule has 0 saturated carbocycles. The normalized spacial score (nSPS) is 11.4. The molecule has 6 nitrogen and oxygen atoms in total. The predicted octanol–water partition coefficient (Wildman–Crippen LogP) is 2.46. The molecule has 0 unspecified atom stereocenters. The van der Waals surface area contributed by atoms with Crippen molar-refractivity contribution in [2.45, 2.75) is 17.9 Å². The number of sulfonamides is 1. The number of nitrogens with one attached hydrogen (secondary N) is 1. The number of rotatable bonds is 6. The Hall–Kier alpha value is -2.74. The molecule has 2 heterocycles. The monoisotopic (exact) mass is 346 g/mol. The van der Waals surface area contributed by atoms with E-state index in [1.54, 1.807) is 29.3 Å². The van der Waals surface area contributed by atoms with Crippen molar-refractivity contribution in [2.24, 2.45) is 0 Å². The second-order valence-electron chi connectivity index (χ2n) is 5.13. The van der Waals surface area contributed by atoms with Crippen molar-refractivity contribution in [1.82, 2.24) is 14.8 Å². The van der Waals surface area contributed by atoms with E-state index in [0.29, 0.717) is 6.54 Å². The highest BCUT2D eigenvalue weighted by atomic mass is 32.2. The van der Waals surface area contributed by atoms with Gasteiger partial charge in [0.2, 0.25) is 0 Å². The van der Waals surface area contributed by atoms with Gasteiger partial charge in [0.25, 0.3) is 10.0 Å². The average molecular weight is 346 g/mol. The second kappa shape index (κ2) is 6.79. The van der Waals surface area contributed by atoms with Crippen LogP contribution in [0.5, 0.6) is 0 Å². The molecule has 0 saturated heterocycles. The zero-order valence-corrected chi connectivity index (χ0v) is 13.4. The number of pyridine rings is 1. The first-order chi connectivity index (χ1) is 11.5. The molecule has 0 bridgehead atoms. The molecular formula is C16H15FN4O2S. The van der Waals surface area contributed by atoms with Crippen LogP contribution in [0, 0.1) is 5.82 Å². The molecule has 0 fully saturated rings. The Balaban J connectivity index is 1.66. The smallest absolute Gasteiger partial charge is 0.263 e. The molecule has 3 aromatic rings. The van der Waals surface area contributed by atoms with Crippen LogP contribution >= 0.6 is 0 Å². The fraction of sp³-hybridized carbons (Fsp3) is 0.125. The Morgan fingerprint density at radius 2 is 1.75 bits per heavy atom. The summed E-state index contributed by atoms with van der Waals surface area (Å²) in [6.07, 6.45) is 5.90. The minimum Gasteiger partial charge on any atom is -0.270 e. The largest absolute Gasteiger partial charge is 0.270 e. The molecule has 8 heteroatoms. The van der Waals surface area contributed by atoms with Crippen LogP contribution in [-0.2, 0) is 23.0 Å². The number of aromatic nitrogens is 3. The van der Waals surface area contributed by atoms with E-state index in [1.165, 1.54) is 12.1 Å². The summed E-state index contributed by atoms with van der Waals surface area (Å²) in [5.74, 6) is -0.275. The molecule has 0 aliphatic rings. The number of hydrogen-bond donors (Lipinski definition) is 1. The number of nitrogens with zero attached hydrogens (tertiary/aromatic N) is 3. The SMILES string of the molecule is O=S(=O)(Nc1ccn(CCc2ccncc2)n1)c1ccc(F)cc1. The molecular weight excluding hydrogens is 331 g/mol. The number of halogens is 1. The van der Waals surface area contributed by atoms with Gasteiger partial charge in [-0.05, 0) is 48.4 Å². The van der Waals surface area contributed by atoms with Gasteiger partial charge >= 0.3 is 0 Å². The highest BCUT2D eigenvalue weighted by Gasteiger charge is 2.15. The van der Waals surface area contributed by atoms with Crippen molar-refractivity contribution in [3.05, 3.63) is 72.4 Å². The van der Waals surface area contributed by atoms with Crippen LogP contribution in [0.2, 0.25) is 0 Å². The minimum atomic E-state index is -3.78. The van der Waals surface area contributed by atoms with Crippen molar-refractivity contribution < 1.29 is 12.8 Å². The summed E-state index contributed by atoms with van der Waals surface area (Å²) in [6.45, 7) is 0.613. The van der Waals surface area contributed by atoms with Gasteiger partial charge in [0.1, 0.15) is 5.82 Å². The number of aryl methyl sites for hydroxylation is 2. The first-order valence-corrected chi connectivity index (χ1v) is 8.72. The zero-order chi connectivity index (χ0) is 17.0. The molecule has 1 N–H and O–H groups in total. The van der Waals surface area contributed by atoms with E-state index in [-0.39, 0.29) is 10.7 Å². The summed E-state index contributed by atoms with van der Waals surface area (Å²) in [6, 6.07) is 10.0. The van der Waals surface area contributed by atoms with Crippen molar-refractivity contribution in [2.75, 3.05) is 4.72 Å². The summed E-state index contributed by atoms with van der Waals surface area (Å²) < 4.78 is 41.4. The number of benzene rings is 1. The van der Waals surface area contributed by atoms with Crippen molar-refractivity contribution >= 4 is 15.8 Å². The molecule has 0 amide bonds. The maximum atomic E-state index is 12.9. The predicted molar refractivity (Wildman–Crippen MR) is 87.4 cm³/mol. The highest BCUT2D eigenvalue weighted by Crippen LogP contribution is 2.15. The lowest BCUT2D eigenvalue weighted by molar-refractivity contribution is 0.597. The van der Waals surface area contributed by atoms with Crippen LogP contribution in [0.1, 0.15) is 5.56 Å². The maximum Gasteiger partial charge on any atom is 0.263 e. The Kier molecular flexibility index (Phi) is 4.57. The quantitative estimate of drug-likeness (QED) is 0.744. The third-order valence-electron chi connectivity index (χ3n) is 3.38. The molecule has 24 heavy (non-hydrogen) atoms. The van der Waals surface area contributed by atoms with Crippen molar-refractivity contribution in [1.29, 1.82) is 0 Å². The molecule has 0 atom stereocenters. The maximum absolute atomic E-state index is 12.9. The van der Waals surface area contributed by atoms with Crippen molar-refractivity contribution in [3.63, 3.8) is 0 Å². The van der Waals surface area contributed by atoms with Crippen LogP contribution in [0.15, 0.2) is 66.0 Å². The van der Waals surface area contributed by atoms with E-state index >= 15 is 0 Å².